The Morgan fingerprint density at radius 1 is 1.25 bits per heavy atom. The Morgan fingerprint density at radius 2 is 1.95 bits per heavy atom. The van der Waals surface area contributed by atoms with Gasteiger partial charge in [0.25, 0.3) is 0 Å². The molecule has 2 aliphatic rings. The van der Waals surface area contributed by atoms with Gasteiger partial charge in [0.1, 0.15) is 5.54 Å². The summed E-state index contributed by atoms with van der Waals surface area (Å²) in [5, 5.41) is 13.2. The van der Waals surface area contributed by atoms with Crippen LogP contribution in [0.4, 0.5) is 0 Å². The molecule has 0 aromatic heterocycles. The monoisotopic (exact) mass is 277 g/mol. The van der Waals surface area contributed by atoms with E-state index in [4.69, 9.17) is 0 Å². The highest BCUT2D eigenvalue weighted by atomic mass is 15.2. The number of hydrogen-bond acceptors (Lipinski definition) is 3. The SMILES string of the molecule is CCCNC1(C#N)CCCC(N2CCC(C)(C)CC2)C1. The molecule has 2 unspecified atom stereocenters. The smallest absolute Gasteiger partial charge is 0.108 e. The Bertz CT molecular complexity index is 348. The lowest BCUT2D eigenvalue weighted by molar-refractivity contribution is 0.0599. The van der Waals surface area contributed by atoms with Gasteiger partial charge in [-0.15, -0.1) is 0 Å². The Labute approximate surface area is 124 Å². The maximum Gasteiger partial charge on any atom is 0.108 e. The molecule has 0 aromatic rings. The molecule has 0 bridgehead atoms. The number of piperidine rings is 1. The predicted molar refractivity (Wildman–Crippen MR) is 83.5 cm³/mol. The van der Waals surface area contributed by atoms with Crippen LogP contribution in [0.15, 0.2) is 0 Å². The molecule has 0 radical (unpaired) electrons. The van der Waals surface area contributed by atoms with Crippen molar-refractivity contribution in [1.29, 1.82) is 5.26 Å². The quantitative estimate of drug-likeness (QED) is 0.857. The summed E-state index contributed by atoms with van der Waals surface area (Å²) in [6.45, 7) is 10.3. The lowest BCUT2D eigenvalue weighted by atomic mass is 9.77. The fraction of sp³-hybridized carbons (Fsp3) is 0.941. The molecule has 1 aliphatic carbocycles. The van der Waals surface area contributed by atoms with Crippen molar-refractivity contribution >= 4 is 0 Å². The van der Waals surface area contributed by atoms with Gasteiger partial charge in [0.15, 0.2) is 0 Å². The summed E-state index contributed by atoms with van der Waals surface area (Å²) in [5.41, 5.74) is 0.254. The zero-order chi connectivity index (χ0) is 14.6. The van der Waals surface area contributed by atoms with Gasteiger partial charge in [-0.1, -0.05) is 20.8 Å². The van der Waals surface area contributed by atoms with Gasteiger partial charge < -0.3 is 4.90 Å². The Kier molecular flexibility index (Phi) is 5.09. The van der Waals surface area contributed by atoms with E-state index in [9.17, 15) is 5.26 Å². The van der Waals surface area contributed by atoms with Gasteiger partial charge in [0, 0.05) is 6.04 Å². The summed E-state index contributed by atoms with van der Waals surface area (Å²) in [6.07, 6.45) is 8.21. The van der Waals surface area contributed by atoms with Crippen LogP contribution in [0.2, 0.25) is 0 Å². The molecule has 0 amide bonds. The van der Waals surface area contributed by atoms with Crippen LogP contribution in [0.1, 0.15) is 65.7 Å². The third-order valence-electron chi connectivity index (χ3n) is 5.32. The van der Waals surface area contributed by atoms with Crippen molar-refractivity contribution in [3.63, 3.8) is 0 Å². The molecule has 1 saturated carbocycles. The second-order valence-electron chi connectivity index (χ2n) is 7.57. The predicted octanol–water partition coefficient (Wildman–Crippen LogP) is 3.31. The minimum atomic E-state index is -0.258. The summed E-state index contributed by atoms with van der Waals surface area (Å²) >= 11 is 0. The van der Waals surface area contributed by atoms with Gasteiger partial charge in [-0.3, -0.25) is 5.32 Å². The summed E-state index contributed by atoms with van der Waals surface area (Å²) in [6, 6.07) is 3.21. The van der Waals surface area contributed by atoms with E-state index in [0.29, 0.717) is 11.5 Å². The Morgan fingerprint density at radius 3 is 2.55 bits per heavy atom. The number of hydrogen-bond donors (Lipinski definition) is 1. The van der Waals surface area contributed by atoms with Crippen molar-refractivity contribution in [2.75, 3.05) is 19.6 Å². The molecule has 1 heterocycles. The van der Waals surface area contributed by atoms with E-state index < -0.39 is 0 Å². The first-order valence-electron chi connectivity index (χ1n) is 8.41. The summed E-state index contributed by atoms with van der Waals surface area (Å²) < 4.78 is 0. The zero-order valence-corrected chi connectivity index (χ0v) is 13.5. The highest BCUT2D eigenvalue weighted by Crippen LogP contribution is 2.36. The van der Waals surface area contributed by atoms with Crippen molar-refractivity contribution in [3.05, 3.63) is 0 Å². The van der Waals surface area contributed by atoms with E-state index in [1.807, 2.05) is 0 Å². The highest BCUT2D eigenvalue weighted by Gasteiger charge is 2.39. The lowest BCUT2D eigenvalue weighted by Crippen LogP contribution is -2.54. The van der Waals surface area contributed by atoms with Crippen LogP contribution in [-0.2, 0) is 0 Å². The van der Waals surface area contributed by atoms with Gasteiger partial charge in [-0.25, -0.2) is 0 Å². The molecular weight excluding hydrogens is 246 g/mol. The number of nitriles is 1. The van der Waals surface area contributed by atoms with Crippen LogP contribution in [0.3, 0.4) is 0 Å². The Balaban J connectivity index is 1.95. The van der Waals surface area contributed by atoms with Crippen molar-refractivity contribution in [1.82, 2.24) is 10.2 Å². The standard InChI is InChI=1S/C17H31N3/c1-4-10-19-17(14-18)7-5-6-15(13-17)20-11-8-16(2,3)9-12-20/h15,19H,4-13H2,1-3H3. The molecule has 1 saturated heterocycles. The van der Waals surface area contributed by atoms with Crippen molar-refractivity contribution in [3.8, 4) is 6.07 Å². The number of nitrogens with one attached hydrogen (secondary N) is 1. The fourth-order valence-corrected chi connectivity index (χ4v) is 3.72. The van der Waals surface area contributed by atoms with E-state index in [2.05, 4.69) is 37.1 Å². The number of nitrogens with zero attached hydrogens (tertiary/aromatic N) is 2. The first-order chi connectivity index (χ1) is 9.50. The number of likely N-dealkylation sites (tertiary alicyclic amines) is 1. The van der Waals surface area contributed by atoms with Crippen LogP contribution in [0.25, 0.3) is 0 Å². The average Bonchev–Trinajstić information content (AvgIpc) is 2.45. The van der Waals surface area contributed by atoms with E-state index >= 15 is 0 Å². The molecule has 20 heavy (non-hydrogen) atoms. The molecule has 1 N–H and O–H groups in total. The molecule has 3 nitrogen and oxygen atoms in total. The second kappa shape index (κ2) is 6.45. The minimum absolute atomic E-state index is 0.258. The molecule has 0 aromatic carbocycles. The molecule has 2 atom stereocenters. The van der Waals surface area contributed by atoms with Crippen LogP contribution in [-0.4, -0.2) is 36.1 Å². The summed E-state index contributed by atoms with van der Waals surface area (Å²) in [5.74, 6) is 0. The van der Waals surface area contributed by atoms with Crippen LogP contribution < -0.4 is 5.32 Å². The number of rotatable bonds is 4. The van der Waals surface area contributed by atoms with Crippen LogP contribution in [0, 0.1) is 16.7 Å². The first kappa shape index (κ1) is 15.8. The van der Waals surface area contributed by atoms with E-state index in [-0.39, 0.29) is 5.54 Å². The van der Waals surface area contributed by atoms with Crippen molar-refractivity contribution < 1.29 is 0 Å². The second-order valence-corrected chi connectivity index (χ2v) is 7.57. The summed E-state index contributed by atoms with van der Waals surface area (Å²) in [4.78, 5) is 2.66. The van der Waals surface area contributed by atoms with E-state index in [1.165, 1.54) is 38.8 Å². The average molecular weight is 277 g/mol. The summed E-state index contributed by atoms with van der Waals surface area (Å²) in [7, 11) is 0. The zero-order valence-electron chi connectivity index (χ0n) is 13.5. The van der Waals surface area contributed by atoms with Gasteiger partial charge in [-0.2, -0.15) is 5.26 Å². The van der Waals surface area contributed by atoms with E-state index in [0.717, 1.165) is 25.8 Å². The molecular formula is C17H31N3. The minimum Gasteiger partial charge on any atom is -0.300 e. The van der Waals surface area contributed by atoms with Gasteiger partial charge in [0.05, 0.1) is 6.07 Å². The molecule has 1 aliphatic heterocycles. The van der Waals surface area contributed by atoms with Crippen LogP contribution in [0.5, 0.6) is 0 Å². The van der Waals surface area contributed by atoms with Gasteiger partial charge in [0.2, 0.25) is 0 Å². The van der Waals surface area contributed by atoms with Crippen LogP contribution >= 0.6 is 0 Å². The van der Waals surface area contributed by atoms with Gasteiger partial charge >= 0.3 is 0 Å². The first-order valence-corrected chi connectivity index (χ1v) is 8.41. The normalized spacial score (nSPS) is 34.6. The fourth-order valence-electron chi connectivity index (χ4n) is 3.72. The highest BCUT2D eigenvalue weighted by molar-refractivity contribution is 5.11. The maximum atomic E-state index is 9.64. The lowest BCUT2D eigenvalue weighted by Gasteiger charge is -2.46. The third-order valence-corrected chi connectivity index (χ3v) is 5.32. The van der Waals surface area contributed by atoms with E-state index in [1.54, 1.807) is 0 Å². The largest absolute Gasteiger partial charge is 0.300 e. The molecule has 2 fully saturated rings. The third kappa shape index (κ3) is 3.74. The van der Waals surface area contributed by atoms with Gasteiger partial charge in [-0.05, 0) is 70.0 Å². The Hall–Kier alpha value is -0.590. The topological polar surface area (TPSA) is 39.1 Å². The molecule has 114 valence electrons. The molecule has 2 rings (SSSR count). The van der Waals surface area contributed by atoms with Crippen molar-refractivity contribution in [2.45, 2.75) is 77.3 Å². The molecule has 0 spiro atoms. The maximum absolute atomic E-state index is 9.64. The van der Waals surface area contributed by atoms with Crippen molar-refractivity contribution in [2.24, 2.45) is 5.41 Å². The molecule has 3 heteroatoms.